The zero-order valence-corrected chi connectivity index (χ0v) is 32.0. The van der Waals surface area contributed by atoms with Gasteiger partial charge in [0.05, 0.1) is 20.1 Å². The smallest absolute Gasteiger partial charge is 0.0822 e. The van der Waals surface area contributed by atoms with E-state index in [0.717, 1.165) is 11.1 Å². The lowest BCUT2D eigenvalue weighted by Crippen LogP contribution is -2.33. The average molecular weight is 767 g/mol. The molecule has 0 aliphatic carbocycles. The van der Waals surface area contributed by atoms with Crippen LogP contribution in [0.5, 0.6) is 0 Å². The first-order valence-corrected chi connectivity index (χ1v) is 21.9. The number of hydrogen-bond acceptors (Lipinski definition) is 0. The Morgan fingerprint density at radius 3 is 0.580 bits per heavy atom. The van der Waals surface area contributed by atoms with Gasteiger partial charge in [0.15, 0.2) is 0 Å². The third kappa shape index (κ3) is 6.44. The fourth-order valence-electron chi connectivity index (χ4n) is 7.01. The highest BCUT2D eigenvalue weighted by atomic mass is 35.5. The summed E-state index contributed by atoms with van der Waals surface area (Å²) in [6, 6.07) is 64.1. The van der Waals surface area contributed by atoms with Crippen LogP contribution in [0.25, 0.3) is 0 Å². The molecule has 7 aromatic rings. The van der Waals surface area contributed by atoms with Crippen molar-refractivity contribution in [3.8, 4) is 0 Å². The summed E-state index contributed by atoms with van der Waals surface area (Å²) in [5, 5.41) is 9.17. The largest absolute Gasteiger partial charge is 0.116 e. The van der Waals surface area contributed by atoms with E-state index in [1.165, 1.54) is 31.8 Å². The third-order valence-electron chi connectivity index (χ3n) is 9.42. The quantitative estimate of drug-likeness (QED) is 0.0961. The molecule has 0 atom stereocenters. The highest BCUT2D eigenvalue weighted by Crippen LogP contribution is 2.63. The van der Waals surface area contributed by atoms with E-state index in [0.29, 0.717) is 32.4 Å². The molecule has 7 rings (SSSR count). The van der Waals surface area contributed by atoms with Crippen LogP contribution in [0, 0.1) is 0 Å². The summed E-state index contributed by atoms with van der Waals surface area (Å²) in [6.07, 6.45) is 1.11. The summed E-state index contributed by atoms with van der Waals surface area (Å²) in [5.74, 6) is 0. The molecule has 6 heteroatoms. The van der Waals surface area contributed by atoms with E-state index in [1.54, 1.807) is 0 Å². The normalized spacial score (nSPS) is 11.8. The molecule has 0 radical (unpaired) electrons. The monoisotopic (exact) mass is 764 g/mol. The van der Waals surface area contributed by atoms with Crippen LogP contribution in [-0.4, -0.2) is 0 Å². The third-order valence-corrected chi connectivity index (χ3v) is 19.9. The second-order valence-corrected chi connectivity index (χ2v) is 20.6. The molecule has 0 heterocycles. The van der Waals surface area contributed by atoms with E-state index >= 15 is 0 Å². The van der Waals surface area contributed by atoms with E-state index in [1.807, 2.05) is 0 Å². The van der Waals surface area contributed by atoms with Crippen molar-refractivity contribution >= 4 is 92.8 Å². The van der Waals surface area contributed by atoms with Gasteiger partial charge < -0.3 is 0 Å². The first kappa shape index (κ1) is 35.0. The van der Waals surface area contributed by atoms with E-state index in [4.69, 9.17) is 46.4 Å². The van der Waals surface area contributed by atoms with Crippen LogP contribution in [0.1, 0.15) is 11.1 Å². The fraction of sp³-hybridized carbons (Fsp3) is 0.0455. The Labute approximate surface area is 316 Å². The molecule has 0 nitrogen and oxygen atoms in total. The first-order valence-electron chi connectivity index (χ1n) is 16.4. The Hall–Kier alpha value is -3.44. The minimum atomic E-state index is -2.35. The maximum absolute atomic E-state index is 7.47. The van der Waals surface area contributed by atoms with Gasteiger partial charge in [-0.05, 0) is 72.8 Å². The van der Waals surface area contributed by atoms with Crippen molar-refractivity contribution in [2.24, 2.45) is 0 Å². The van der Waals surface area contributed by atoms with Gasteiger partial charge in [0.25, 0.3) is 0 Å². The minimum absolute atomic E-state index is 0.454. The van der Waals surface area contributed by atoms with Gasteiger partial charge in [0.2, 0.25) is 0 Å². The molecule has 0 spiro atoms. The summed E-state index contributed by atoms with van der Waals surface area (Å²) < 4.78 is 0. The fourth-order valence-corrected chi connectivity index (χ4v) is 17.1. The topological polar surface area (TPSA) is 0 Å². The molecule has 0 N–H and O–H groups in total. The van der Waals surface area contributed by atoms with Gasteiger partial charge in [-0.1, -0.05) is 156 Å². The Morgan fingerprint density at radius 1 is 0.260 bits per heavy atom. The second-order valence-electron chi connectivity index (χ2n) is 12.2. The molecule has 50 heavy (non-hydrogen) atoms. The molecular formula is C44H34Cl4P2+2. The van der Waals surface area contributed by atoms with Gasteiger partial charge in [-0.2, -0.15) is 0 Å². The van der Waals surface area contributed by atoms with Crippen LogP contribution in [-0.2, 0) is 12.3 Å². The van der Waals surface area contributed by atoms with E-state index < -0.39 is 14.5 Å². The lowest BCUT2D eigenvalue weighted by molar-refractivity contribution is 1.32. The van der Waals surface area contributed by atoms with Crippen molar-refractivity contribution in [3.05, 3.63) is 213 Å². The van der Waals surface area contributed by atoms with Crippen LogP contribution in [0.2, 0.25) is 20.1 Å². The molecule has 0 aromatic heterocycles. The number of halogens is 4. The maximum atomic E-state index is 7.47. The van der Waals surface area contributed by atoms with Crippen molar-refractivity contribution < 1.29 is 0 Å². The van der Waals surface area contributed by atoms with Crippen molar-refractivity contribution in [1.29, 1.82) is 0 Å². The van der Waals surface area contributed by atoms with E-state index in [2.05, 4.69) is 182 Å². The Balaban J connectivity index is 1.46. The highest BCUT2D eigenvalue weighted by molar-refractivity contribution is 7.95. The highest BCUT2D eigenvalue weighted by Gasteiger charge is 2.49. The van der Waals surface area contributed by atoms with Crippen LogP contribution < -0.4 is 31.8 Å². The molecule has 0 amide bonds. The summed E-state index contributed by atoms with van der Waals surface area (Å²) in [4.78, 5) is 0. The summed E-state index contributed by atoms with van der Waals surface area (Å²) in [6.45, 7) is 0. The molecule has 0 unspecified atom stereocenters. The van der Waals surface area contributed by atoms with Gasteiger partial charge in [-0.25, -0.2) is 0 Å². The molecule has 0 aliphatic heterocycles. The minimum Gasteiger partial charge on any atom is -0.0822 e. The second kappa shape index (κ2) is 15.4. The van der Waals surface area contributed by atoms with Crippen molar-refractivity contribution in [2.45, 2.75) is 12.3 Å². The van der Waals surface area contributed by atoms with E-state index in [-0.39, 0.29) is 0 Å². The van der Waals surface area contributed by atoms with Gasteiger partial charge in [0.1, 0.15) is 58.7 Å². The van der Waals surface area contributed by atoms with Crippen molar-refractivity contribution in [3.63, 3.8) is 0 Å². The first-order chi connectivity index (χ1) is 24.5. The maximum Gasteiger partial charge on any atom is 0.116 e. The lowest BCUT2D eigenvalue weighted by Gasteiger charge is -2.30. The summed E-state index contributed by atoms with van der Waals surface area (Å²) in [5.41, 5.74) is 1.53. The Morgan fingerprint density at radius 2 is 0.420 bits per heavy atom. The van der Waals surface area contributed by atoms with Gasteiger partial charge in [0, 0.05) is 11.1 Å². The molecule has 0 saturated carbocycles. The van der Waals surface area contributed by atoms with Crippen molar-refractivity contribution in [1.82, 2.24) is 0 Å². The molecule has 246 valence electrons. The lowest BCUT2D eigenvalue weighted by atomic mass is 10.1. The molecule has 0 aliphatic rings. The molecule has 0 bridgehead atoms. The van der Waals surface area contributed by atoms with Crippen LogP contribution >= 0.6 is 60.9 Å². The standard InChI is InChI=1S/C44H34Cl4P2/c45-41-39(31-49(33-19-7-1-8-20-33,34-21-9-2-10-22-34)35-23-11-3-12-24-35)42(46)44(48)40(43(41)47)32-50(36-25-13-4-14-26-36,37-27-15-5-16-28-37)38-29-17-6-18-30-38/h1-30H,31-32H2/q+2. The predicted octanol–water partition coefficient (Wildman–Crippen LogP) is 11.3. The molecule has 7 aromatic carbocycles. The molecule has 0 saturated heterocycles. The summed E-state index contributed by atoms with van der Waals surface area (Å²) >= 11 is 29.9. The zero-order chi connectivity index (χ0) is 34.6. The summed E-state index contributed by atoms with van der Waals surface area (Å²) in [7, 11) is -4.69. The van der Waals surface area contributed by atoms with Crippen LogP contribution in [0.4, 0.5) is 0 Å². The Kier molecular flexibility index (Phi) is 10.8. The average Bonchev–Trinajstić information content (AvgIpc) is 3.20. The van der Waals surface area contributed by atoms with Crippen LogP contribution in [0.3, 0.4) is 0 Å². The number of benzene rings is 7. The molecule has 0 fully saturated rings. The SMILES string of the molecule is Clc1c(Cl)c(C[P+](c2ccccc2)(c2ccccc2)c2ccccc2)c(Cl)c(Cl)c1C[P+](c1ccccc1)(c1ccccc1)c1ccccc1. The Bertz CT molecular complexity index is 1800. The number of hydrogen-bond donors (Lipinski definition) is 0. The van der Waals surface area contributed by atoms with E-state index in [9.17, 15) is 0 Å². The van der Waals surface area contributed by atoms with Crippen LogP contribution in [0.15, 0.2) is 182 Å². The molecular weight excluding hydrogens is 732 g/mol. The van der Waals surface area contributed by atoms with Gasteiger partial charge in [-0.3, -0.25) is 0 Å². The number of rotatable bonds is 10. The van der Waals surface area contributed by atoms with Crippen molar-refractivity contribution in [2.75, 3.05) is 0 Å². The van der Waals surface area contributed by atoms with Gasteiger partial charge >= 0.3 is 0 Å². The zero-order valence-electron chi connectivity index (χ0n) is 27.1. The van der Waals surface area contributed by atoms with Gasteiger partial charge in [-0.15, -0.1) is 0 Å². The predicted molar refractivity (Wildman–Crippen MR) is 224 cm³/mol.